The van der Waals surface area contributed by atoms with Gasteiger partial charge in [0.1, 0.15) is 6.10 Å². The molecule has 0 spiro atoms. The maximum atomic E-state index is 10.0. The molecule has 3 rings (SSSR count). The standard InChI is InChI=1S/C20H22ClNO2S/c1-12-9-15-19(25-11-22-15)18(13-5-7-14(21)8-6-13)17(12)16(10-23)24-20(2,3)4/h5-9,11,16,23H,10H2,1-4H3/t16-/m1/s1. The number of aryl methyl sites for hydroxylation is 1. The number of hydrogen-bond donors (Lipinski definition) is 1. The summed E-state index contributed by atoms with van der Waals surface area (Å²) in [7, 11) is 0. The molecule has 0 aliphatic heterocycles. The largest absolute Gasteiger partial charge is 0.393 e. The zero-order valence-electron chi connectivity index (χ0n) is 14.8. The average molecular weight is 376 g/mol. The van der Waals surface area contributed by atoms with E-state index in [1.165, 1.54) is 0 Å². The molecule has 0 saturated heterocycles. The van der Waals surface area contributed by atoms with E-state index in [0.29, 0.717) is 5.02 Å². The summed E-state index contributed by atoms with van der Waals surface area (Å²) in [6.45, 7) is 7.96. The highest BCUT2D eigenvalue weighted by Gasteiger charge is 2.26. The molecule has 5 heteroatoms. The molecule has 0 saturated carbocycles. The maximum Gasteiger partial charge on any atom is 0.107 e. The average Bonchev–Trinajstić information content (AvgIpc) is 2.99. The van der Waals surface area contributed by atoms with Crippen LogP contribution >= 0.6 is 22.9 Å². The molecule has 2 aromatic carbocycles. The molecule has 0 aliphatic rings. The number of hydrogen-bond acceptors (Lipinski definition) is 4. The van der Waals surface area contributed by atoms with Crippen molar-refractivity contribution in [2.24, 2.45) is 0 Å². The van der Waals surface area contributed by atoms with Crippen molar-refractivity contribution in [1.29, 1.82) is 0 Å². The summed E-state index contributed by atoms with van der Waals surface area (Å²) in [5.41, 5.74) is 6.64. The summed E-state index contributed by atoms with van der Waals surface area (Å²) in [5, 5.41) is 10.7. The molecule has 0 fully saturated rings. The van der Waals surface area contributed by atoms with Gasteiger partial charge in [-0.3, -0.25) is 0 Å². The lowest BCUT2D eigenvalue weighted by Gasteiger charge is -2.29. The SMILES string of the molecule is Cc1cc2ncsc2c(-c2ccc(Cl)cc2)c1[C@@H](CO)OC(C)(C)C. The molecule has 0 bridgehead atoms. The van der Waals surface area contributed by atoms with E-state index in [1.807, 2.05) is 57.5 Å². The topological polar surface area (TPSA) is 42.4 Å². The Balaban J connectivity index is 2.28. The Morgan fingerprint density at radius 3 is 2.52 bits per heavy atom. The molecule has 1 N–H and O–H groups in total. The Morgan fingerprint density at radius 2 is 1.92 bits per heavy atom. The second kappa shape index (κ2) is 7.04. The van der Waals surface area contributed by atoms with E-state index in [1.54, 1.807) is 11.3 Å². The number of thiazole rings is 1. The first-order chi connectivity index (χ1) is 11.8. The van der Waals surface area contributed by atoms with Crippen LogP contribution in [0.4, 0.5) is 0 Å². The fourth-order valence-electron chi connectivity index (χ4n) is 3.08. The highest BCUT2D eigenvalue weighted by Crippen LogP contribution is 2.41. The second-order valence-corrected chi connectivity index (χ2v) is 8.38. The molecule has 1 aromatic heterocycles. The van der Waals surface area contributed by atoms with Gasteiger partial charge in [0.05, 0.1) is 27.9 Å². The van der Waals surface area contributed by atoms with Crippen molar-refractivity contribution in [2.75, 3.05) is 6.61 Å². The van der Waals surface area contributed by atoms with Crippen LogP contribution in [0.1, 0.15) is 38.0 Å². The zero-order valence-corrected chi connectivity index (χ0v) is 16.4. The first-order valence-corrected chi connectivity index (χ1v) is 9.47. The third kappa shape index (κ3) is 3.87. The summed E-state index contributed by atoms with van der Waals surface area (Å²) in [6.07, 6.45) is -0.405. The maximum absolute atomic E-state index is 10.0. The molecule has 132 valence electrons. The van der Waals surface area contributed by atoms with Gasteiger partial charge in [0, 0.05) is 10.6 Å². The van der Waals surface area contributed by atoms with Crippen molar-refractivity contribution in [3.05, 3.63) is 52.0 Å². The summed E-state index contributed by atoms with van der Waals surface area (Å²) in [4.78, 5) is 4.47. The Hall–Kier alpha value is -1.46. The van der Waals surface area contributed by atoms with Gasteiger partial charge < -0.3 is 9.84 Å². The minimum atomic E-state index is -0.405. The van der Waals surface area contributed by atoms with Crippen LogP contribution < -0.4 is 0 Å². The van der Waals surface area contributed by atoms with Crippen LogP contribution in [0.15, 0.2) is 35.8 Å². The number of aliphatic hydroxyl groups is 1. The number of halogens is 1. The van der Waals surface area contributed by atoms with Gasteiger partial charge in [-0.15, -0.1) is 11.3 Å². The molecule has 3 aromatic rings. The van der Waals surface area contributed by atoms with Gasteiger partial charge in [-0.2, -0.15) is 0 Å². The molecule has 1 heterocycles. The van der Waals surface area contributed by atoms with Crippen LogP contribution in [0, 0.1) is 6.92 Å². The fourth-order valence-corrected chi connectivity index (χ4v) is 4.05. The monoisotopic (exact) mass is 375 g/mol. The summed E-state index contributed by atoms with van der Waals surface area (Å²) >= 11 is 7.67. The molecule has 3 nitrogen and oxygen atoms in total. The van der Waals surface area contributed by atoms with Crippen molar-refractivity contribution >= 4 is 33.2 Å². The van der Waals surface area contributed by atoms with Gasteiger partial charge >= 0.3 is 0 Å². The molecule has 0 unspecified atom stereocenters. The van der Waals surface area contributed by atoms with E-state index in [0.717, 1.165) is 32.5 Å². The fraction of sp³-hybridized carbons (Fsp3) is 0.350. The molecular weight excluding hydrogens is 354 g/mol. The first kappa shape index (κ1) is 18.3. The third-order valence-electron chi connectivity index (χ3n) is 3.99. The van der Waals surface area contributed by atoms with Crippen molar-refractivity contribution in [3.63, 3.8) is 0 Å². The van der Waals surface area contributed by atoms with Crippen LogP contribution in [0.3, 0.4) is 0 Å². The Morgan fingerprint density at radius 1 is 1.24 bits per heavy atom. The first-order valence-electron chi connectivity index (χ1n) is 8.21. The van der Waals surface area contributed by atoms with Gasteiger partial charge in [0.15, 0.2) is 0 Å². The van der Waals surface area contributed by atoms with E-state index in [4.69, 9.17) is 16.3 Å². The lowest BCUT2D eigenvalue weighted by molar-refractivity contribution is -0.0821. The number of aliphatic hydroxyl groups excluding tert-OH is 1. The number of benzene rings is 2. The van der Waals surface area contributed by atoms with Crippen LogP contribution in [-0.4, -0.2) is 22.3 Å². The minimum Gasteiger partial charge on any atom is -0.393 e. The van der Waals surface area contributed by atoms with Crippen LogP contribution in [-0.2, 0) is 4.74 Å². The van der Waals surface area contributed by atoms with Gasteiger partial charge in [-0.1, -0.05) is 23.7 Å². The van der Waals surface area contributed by atoms with Crippen molar-refractivity contribution < 1.29 is 9.84 Å². The highest BCUT2D eigenvalue weighted by atomic mass is 35.5. The van der Waals surface area contributed by atoms with Crippen LogP contribution in [0.5, 0.6) is 0 Å². The number of nitrogens with zero attached hydrogens (tertiary/aromatic N) is 1. The molecule has 0 amide bonds. The predicted molar refractivity (Wildman–Crippen MR) is 105 cm³/mol. The van der Waals surface area contributed by atoms with Crippen LogP contribution in [0.2, 0.25) is 5.02 Å². The summed E-state index contributed by atoms with van der Waals surface area (Å²) < 4.78 is 7.27. The third-order valence-corrected chi connectivity index (χ3v) is 5.10. The number of rotatable bonds is 4. The van der Waals surface area contributed by atoms with Crippen molar-refractivity contribution in [3.8, 4) is 11.1 Å². The highest BCUT2D eigenvalue weighted by molar-refractivity contribution is 7.17. The quantitative estimate of drug-likeness (QED) is 0.629. The Kier molecular flexibility index (Phi) is 5.16. The van der Waals surface area contributed by atoms with E-state index in [2.05, 4.69) is 11.1 Å². The summed E-state index contributed by atoms with van der Waals surface area (Å²) in [6, 6.07) is 9.84. The van der Waals surface area contributed by atoms with Crippen molar-refractivity contribution in [1.82, 2.24) is 4.98 Å². The predicted octanol–water partition coefficient (Wildman–Crippen LogP) is 5.77. The number of fused-ring (bicyclic) bond motifs is 1. The molecular formula is C20H22ClNO2S. The van der Waals surface area contributed by atoms with Gasteiger partial charge in [0.25, 0.3) is 0 Å². The summed E-state index contributed by atoms with van der Waals surface area (Å²) in [5.74, 6) is 0. The lowest BCUT2D eigenvalue weighted by Crippen LogP contribution is -2.25. The van der Waals surface area contributed by atoms with E-state index in [9.17, 15) is 5.11 Å². The molecule has 0 radical (unpaired) electrons. The van der Waals surface area contributed by atoms with E-state index >= 15 is 0 Å². The minimum absolute atomic E-state index is 0.0803. The number of ether oxygens (including phenoxy) is 1. The van der Waals surface area contributed by atoms with Crippen molar-refractivity contribution in [2.45, 2.75) is 39.4 Å². The van der Waals surface area contributed by atoms with Gasteiger partial charge in [-0.05, 0) is 62.6 Å². The normalized spacial score (nSPS) is 13.4. The Bertz CT molecular complexity index is 881. The van der Waals surface area contributed by atoms with E-state index in [-0.39, 0.29) is 12.2 Å². The van der Waals surface area contributed by atoms with Crippen LogP contribution in [0.25, 0.3) is 21.3 Å². The zero-order chi connectivity index (χ0) is 18.2. The molecule has 25 heavy (non-hydrogen) atoms. The number of aromatic nitrogens is 1. The van der Waals surface area contributed by atoms with Gasteiger partial charge in [0.2, 0.25) is 0 Å². The molecule has 0 aliphatic carbocycles. The smallest absolute Gasteiger partial charge is 0.107 e. The lowest BCUT2D eigenvalue weighted by atomic mass is 9.91. The molecule has 1 atom stereocenters. The van der Waals surface area contributed by atoms with Gasteiger partial charge in [-0.25, -0.2) is 4.98 Å². The second-order valence-electron chi connectivity index (χ2n) is 7.09. The Labute approximate surface area is 157 Å². The van der Waals surface area contributed by atoms with E-state index < -0.39 is 6.10 Å².